The van der Waals surface area contributed by atoms with Crippen molar-refractivity contribution in [3.63, 3.8) is 0 Å². The van der Waals surface area contributed by atoms with Crippen LogP contribution in [0.15, 0.2) is 36.7 Å². The summed E-state index contributed by atoms with van der Waals surface area (Å²) in [5, 5.41) is 3.94. The molecule has 1 aromatic carbocycles. The number of hydrogen-bond acceptors (Lipinski definition) is 4. The fourth-order valence-corrected chi connectivity index (χ4v) is 3.15. The average molecular weight is 300 g/mol. The summed E-state index contributed by atoms with van der Waals surface area (Å²) in [5.41, 5.74) is 6.46. The minimum atomic E-state index is -0.0519. The Morgan fingerprint density at radius 2 is 2.29 bits per heavy atom. The van der Waals surface area contributed by atoms with E-state index in [1.807, 2.05) is 42.1 Å². The van der Waals surface area contributed by atoms with E-state index in [2.05, 4.69) is 10.3 Å². The molecule has 2 heterocycles. The number of nitrogen functional groups attached to an aromatic ring is 1. The lowest BCUT2D eigenvalue weighted by molar-refractivity contribution is 0.0958. The maximum atomic E-state index is 12.2. The molecule has 1 amide bonds. The van der Waals surface area contributed by atoms with Crippen molar-refractivity contribution in [2.45, 2.75) is 6.42 Å². The van der Waals surface area contributed by atoms with E-state index in [1.165, 1.54) is 11.3 Å². The number of nitrogens with two attached hydrogens (primary N) is 1. The Labute approximate surface area is 126 Å². The molecular weight excluding hydrogens is 284 g/mol. The van der Waals surface area contributed by atoms with Crippen molar-refractivity contribution in [3.8, 4) is 0 Å². The molecule has 6 heteroatoms. The fourth-order valence-electron chi connectivity index (χ4n) is 2.19. The topological polar surface area (TPSA) is 72.9 Å². The van der Waals surface area contributed by atoms with Crippen LogP contribution in [-0.2, 0) is 13.5 Å². The zero-order chi connectivity index (χ0) is 14.8. The minimum absolute atomic E-state index is 0.0519. The highest BCUT2D eigenvalue weighted by Crippen LogP contribution is 2.27. The molecule has 3 rings (SSSR count). The number of nitrogens with one attached hydrogen (secondary N) is 1. The van der Waals surface area contributed by atoms with E-state index in [-0.39, 0.29) is 5.91 Å². The maximum absolute atomic E-state index is 12.2. The zero-order valence-corrected chi connectivity index (χ0v) is 12.5. The summed E-state index contributed by atoms with van der Waals surface area (Å²) in [6, 6.07) is 7.56. The largest absolute Gasteiger partial charge is 0.399 e. The van der Waals surface area contributed by atoms with Gasteiger partial charge in [0.2, 0.25) is 0 Å². The van der Waals surface area contributed by atoms with Crippen LogP contribution in [0.3, 0.4) is 0 Å². The number of aryl methyl sites for hydroxylation is 1. The van der Waals surface area contributed by atoms with Gasteiger partial charge in [0, 0.05) is 42.8 Å². The number of anilines is 1. The molecule has 0 aliphatic carbocycles. The number of carbonyl (C=O) groups excluding carboxylic acids is 1. The molecule has 0 aliphatic heterocycles. The van der Waals surface area contributed by atoms with Crippen LogP contribution in [-0.4, -0.2) is 22.0 Å². The zero-order valence-electron chi connectivity index (χ0n) is 11.7. The Bertz CT molecular complexity index is 790. The van der Waals surface area contributed by atoms with Crippen molar-refractivity contribution in [1.29, 1.82) is 0 Å². The van der Waals surface area contributed by atoms with Gasteiger partial charge >= 0.3 is 0 Å². The van der Waals surface area contributed by atoms with Gasteiger partial charge in [-0.15, -0.1) is 11.3 Å². The molecule has 108 valence electrons. The number of carbonyl (C=O) groups is 1. The summed E-state index contributed by atoms with van der Waals surface area (Å²) in [6.45, 7) is 0.570. The Morgan fingerprint density at radius 3 is 3.05 bits per heavy atom. The van der Waals surface area contributed by atoms with Crippen LogP contribution in [0.5, 0.6) is 0 Å². The molecule has 0 saturated carbocycles. The molecule has 0 radical (unpaired) electrons. The van der Waals surface area contributed by atoms with Crippen LogP contribution in [0, 0.1) is 0 Å². The van der Waals surface area contributed by atoms with E-state index in [0.717, 1.165) is 15.9 Å². The lowest BCUT2D eigenvalue weighted by Gasteiger charge is -2.03. The normalized spacial score (nSPS) is 10.9. The molecule has 3 N–H and O–H groups in total. The van der Waals surface area contributed by atoms with E-state index < -0.39 is 0 Å². The Kier molecular flexibility index (Phi) is 3.62. The van der Waals surface area contributed by atoms with Crippen LogP contribution in [0.4, 0.5) is 5.69 Å². The van der Waals surface area contributed by atoms with Crippen molar-refractivity contribution >= 4 is 33.0 Å². The lowest BCUT2D eigenvalue weighted by atomic mass is 10.2. The predicted octanol–water partition coefficient (Wildman–Crippen LogP) is 2.19. The van der Waals surface area contributed by atoms with E-state index >= 15 is 0 Å². The lowest BCUT2D eigenvalue weighted by Crippen LogP contribution is -2.25. The van der Waals surface area contributed by atoms with Crippen molar-refractivity contribution < 1.29 is 4.79 Å². The van der Waals surface area contributed by atoms with Crippen LogP contribution >= 0.6 is 11.3 Å². The van der Waals surface area contributed by atoms with Crippen molar-refractivity contribution in [1.82, 2.24) is 14.9 Å². The predicted molar refractivity (Wildman–Crippen MR) is 85.5 cm³/mol. The van der Waals surface area contributed by atoms with Crippen molar-refractivity contribution in [2.75, 3.05) is 12.3 Å². The average Bonchev–Trinajstić information content (AvgIpc) is 3.05. The number of rotatable bonds is 4. The standard InChI is InChI=1S/C15H16N4OS/c1-19-7-6-17-14(19)4-5-18-15(20)13-9-10-8-11(16)2-3-12(10)21-13/h2-3,6-9H,4-5,16H2,1H3,(H,18,20). The molecule has 2 aromatic heterocycles. The van der Waals surface area contributed by atoms with Gasteiger partial charge in [0.1, 0.15) is 5.82 Å². The van der Waals surface area contributed by atoms with Gasteiger partial charge in [-0.1, -0.05) is 0 Å². The van der Waals surface area contributed by atoms with Gasteiger partial charge in [-0.05, 0) is 29.7 Å². The number of nitrogens with zero attached hydrogens (tertiary/aromatic N) is 2. The molecule has 0 aliphatic rings. The van der Waals surface area contributed by atoms with E-state index in [4.69, 9.17) is 5.73 Å². The molecule has 0 bridgehead atoms. The van der Waals surface area contributed by atoms with Crippen LogP contribution < -0.4 is 11.1 Å². The number of imidazole rings is 1. The molecule has 0 spiro atoms. The van der Waals surface area contributed by atoms with Gasteiger partial charge < -0.3 is 15.6 Å². The van der Waals surface area contributed by atoms with E-state index in [9.17, 15) is 4.79 Å². The third kappa shape index (κ3) is 2.90. The maximum Gasteiger partial charge on any atom is 0.261 e. The molecule has 0 atom stereocenters. The number of benzene rings is 1. The summed E-state index contributed by atoms with van der Waals surface area (Å²) in [7, 11) is 1.94. The quantitative estimate of drug-likeness (QED) is 0.725. The summed E-state index contributed by atoms with van der Waals surface area (Å²) in [4.78, 5) is 17.1. The first-order valence-electron chi connectivity index (χ1n) is 6.67. The number of hydrogen-bond donors (Lipinski definition) is 2. The van der Waals surface area contributed by atoms with Gasteiger partial charge in [-0.2, -0.15) is 0 Å². The number of amides is 1. The second kappa shape index (κ2) is 5.57. The highest BCUT2D eigenvalue weighted by Gasteiger charge is 2.10. The Hall–Kier alpha value is -2.34. The van der Waals surface area contributed by atoms with Crippen molar-refractivity contribution in [2.24, 2.45) is 7.05 Å². The molecule has 0 unspecified atom stereocenters. The second-order valence-corrected chi connectivity index (χ2v) is 5.95. The minimum Gasteiger partial charge on any atom is -0.399 e. The first kappa shape index (κ1) is 13.6. The highest BCUT2D eigenvalue weighted by atomic mass is 32.1. The highest BCUT2D eigenvalue weighted by molar-refractivity contribution is 7.20. The number of thiophene rings is 1. The first-order chi connectivity index (χ1) is 10.1. The van der Waals surface area contributed by atoms with E-state index in [0.29, 0.717) is 23.5 Å². The van der Waals surface area contributed by atoms with Crippen LogP contribution in [0.2, 0.25) is 0 Å². The van der Waals surface area contributed by atoms with Gasteiger partial charge in [-0.25, -0.2) is 4.98 Å². The second-order valence-electron chi connectivity index (χ2n) is 4.87. The Balaban J connectivity index is 1.65. The first-order valence-corrected chi connectivity index (χ1v) is 7.48. The molecule has 3 aromatic rings. The fraction of sp³-hybridized carbons (Fsp3) is 0.200. The SMILES string of the molecule is Cn1ccnc1CCNC(=O)c1cc2cc(N)ccc2s1. The van der Waals surface area contributed by atoms with Crippen LogP contribution in [0.1, 0.15) is 15.5 Å². The summed E-state index contributed by atoms with van der Waals surface area (Å²) < 4.78 is 3.02. The van der Waals surface area contributed by atoms with Crippen LogP contribution in [0.25, 0.3) is 10.1 Å². The van der Waals surface area contributed by atoms with Gasteiger partial charge in [0.15, 0.2) is 0 Å². The van der Waals surface area contributed by atoms with Gasteiger partial charge in [0.05, 0.1) is 4.88 Å². The number of aromatic nitrogens is 2. The summed E-state index contributed by atoms with van der Waals surface area (Å²) in [5.74, 6) is 0.906. The molecule has 0 fully saturated rings. The van der Waals surface area contributed by atoms with E-state index in [1.54, 1.807) is 6.20 Å². The molecule has 21 heavy (non-hydrogen) atoms. The van der Waals surface area contributed by atoms with Gasteiger partial charge in [-0.3, -0.25) is 4.79 Å². The number of fused-ring (bicyclic) bond motifs is 1. The third-order valence-electron chi connectivity index (χ3n) is 3.32. The summed E-state index contributed by atoms with van der Waals surface area (Å²) >= 11 is 1.48. The van der Waals surface area contributed by atoms with Gasteiger partial charge in [0.25, 0.3) is 5.91 Å². The monoisotopic (exact) mass is 300 g/mol. The summed E-state index contributed by atoms with van der Waals surface area (Å²) in [6.07, 6.45) is 4.37. The Morgan fingerprint density at radius 1 is 1.43 bits per heavy atom. The third-order valence-corrected chi connectivity index (χ3v) is 4.43. The van der Waals surface area contributed by atoms with Crippen molar-refractivity contribution in [3.05, 3.63) is 47.4 Å². The molecule has 5 nitrogen and oxygen atoms in total. The molecular formula is C15H16N4OS. The molecule has 0 saturated heterocycles. The smallest absolute Gasteiger partial charge is 0.261 e.